The summed E-state index contributed by atoms with van der Waals surface area (Å²) in [5, 5.41) is 2.28. The van der Waals surface area contributed by atoms with Gasteiger partial charge in [0, 0.05) is 47.6 Å². The van der Waals surface area contributed by atoms with Gasteiger partial charge in [-0.25, -0.2) is 0 Å². The summed E-state index contributed by atoms with van der Waals surface area (Å²) in [6.07, 6.45) is 4.98. The molecule has 1 aromatic carbocycles. The molecule has 2 atom stereocenters. The third kappa shape index (κ3) is 2.14. The quantitative estimate of drug-likeness (QED) is 0.795. The molecule has 1 saturated heterocycles. The van der Waals surface area contributed by atoms with Crippen molar-refractivity contribution in [3.8, 4) is 0 Å². The van der Waals surface area contributed by atoms with Gasteiger partial charge in [0.1, 0.15) is 0 Å². The SMILES string of the molecule is CC1CCN(c2ccc(N)c3cnccc23)CC1C. The van der Waals surface area contributed by atoms with E-state index in [0.29, 0.717) is 0 Å². The molecule has 2 unspecified atom stereocenters. The van der Waals surface area contributed by atoms with Crippen molar-refractivity contribution in [1.29, 1.82) is 0 Å². The molecule has 0 bridgehead atoms. The van der Waals surface area contributed by atoms with Crippen LogP contribution in [0.1, 0.15) is 20.3 Å². The van der Waals surface area contributed by atoms with Gasteiger partial charge in [0.2, 0.25) is 0 Å². The summed E-state index contributed by atoms with van der Waals surface area (Å²) in [5.41, 5.74) is 8.15. The second kappa shape index (κ2) is 4.72. The Balaban J connectivity index is 2.04. The maximum absolute atomic E-state index is 6.05. The predicted octanol–water partition coefficient (Wildman–Crippen LogP) is 3.30. The van der Waals surface area contributed by atoms with Crippen LogP contribution >= 0.6 is 0 Å². The van der Waals surface area contributed by atoms with Crippen LogP contribution in [0.5, 0.6) is 0 Å². The van der Waals surface area contributed by atoms with Crippen molar-refractivity contribution in [2.75, 3.05) is 23.7 Å². The number of piperidine rings is 1. The highest BCUT2D eigenvalue weighted by molar-refractivity contribution is 6.00. The fourth-order valence-corrected chi connectivity index (χ4v) is 2.95. The van der Waals surface area contributed by atoms with Crippen LogP contribution < -0.4 is 10.6 Å². The largest absolute Gasteiger partial charge is 0.398 e. The first kappa shape index (κ1) is 12.3. The van der Waals surface area contributed by atoms with E-state index in [1.807, 2.05) is 18.5 Å². The fraction of sp³-hybridized carbons (Fsp3) is 0.438. The molecule has 0 radical (unpaired) electrons. The third-order valence-corrected chi connectivity index (χ3v) is 4.50. The summed E-state index contributed by atoms with van der Waals surface area (Å²) < 4.78 is 0. The van der Waals surface area contributed by atoms with Gasteiger partial charge in [0.15, 0.2) is 0 Å². The first-order valence-corrected chi connectivity index (χ1v) is 7.04. The summed E-state index contributed by atoms with van der Waals surface area (Å²) in [6, 6.07) is 6.23. The number of hydrogen-bond donors (Lipinski definition) is 1. The summed E-state index contributed by atoms with van der Waals surface area (Å²) in [4.78, 5) is 6.68. The molecule has 2 aromatic rings. The number of rotatable bonds is 1. The van der Waals surface area contributed by atoms with Crippen LogP contribution in [0.15, 0.2) is 30.6 Å². The lowest BCUT2D eigenvalue weighted by atomic mass is 9.88. The number of fused-ring (bicyclic) bond motifs is 1. The molecule has 0 amide bonds. The van der Waals surface area contributed by atoms with Crippen molar-refractivity contribution in [2.24, 2.45) is 11.8 Å². The molecule has 3 nitrogen and oxygen atoms in total. The summed E-state index contributed by atoms with van der Waals surface area (Å²) in [7, 11) is 0. The van der Waals surface area contributed by atoms with Crippen molar-refractivity contribution in [2.45, 2.75) is 20.3 Å². The van der Waals surface area contributed by atoms with E-state index in [4.69, 9.17) is 5.73 Å². The number of nitrogen functional groups attached to an aromatic ring is 1. The van der Waals surface area contributed by atoms with Crippen molar-refractivity contribution in [1.82, 2.24) is 4.98 Å². The Labute approximate surface area is 114 Å². The predicted molar refractivity (Wildman–Crippen MR) is 81.3 cm³/mol. The third-order valence-electron chi connectivity index (χ3n) is 4.50. The highest BCUT2D eigenvalue weighted by Gasteiger charge is 2.23. The van der Waals surface area contributed by atoms with Crippen LogP contribution in [0, 0.1) is 11.8 Å². The standard InChI is InChI=1S/C16H21N3/c1-11-6-8-19(10-12(11)2)16-4-3-15(17)14-9-18-7-5-13(14)16/h3-5,7,9,11-12H,6,8,10,17H2,1-2H3. The average Bonchev–Trinajstić information content (AvgIpc) is 2.43. The lowest BCUT2D eigenvalue weighted by molar-refractivity contribution is 0.324. The van der Waals surface area contributed by atoms with Crippen LogP contribution in [-0.2, 0) is 0 Å². The van der Waals surface area contributed by atoms with E-state index >= 15 is 0 Å². The minimum atomic E-state index is 0.739. The van der Waals surface area contributed by atoms with Gasteiger partial charge in [0.25, 0.3) is 0 Å². The zero-order valence-electron chi connectivity index (χ0n) is 11.6. The van der Waals surface area contributed by atoms with E-state index in [1.165, 1.54) is 17.5 Å². The Hall–Kier alpha value is -1.77. The number of benzene rings is 1. The monoisotopic (exact) mass is 255 g/mol. The molecule has 0 saturated carbocycles. The first-order valence-electron chi connectivity index (χ1n) is 7.04. The van der Waals surface area contributed by atoms with Gasteiger partial charge < -0.3 is 10.6 Å². The topological polar surface area (TPSA) is 42.1 Å². The van der Waals surface area contributed by atoms with Gasteiger partial charge >= 0.3 is 0 Å². The molecule has 0 aliphatic carbocycles. The first-order chi connectivity index (χ1) is 9.16. The van der Waals surface area contributed by atoms with Crippen LogP contribution in [0.25, 0.3) is 10.8 Å². The summed E-state index contributed by atoms with van der Waals surface area (Å²) >= 11 is 0. The van der Waals surface area contributed by atoms with Crippen LogP contribution in [-0.4, -0.2) is 18.1 Å². The number of pyridine rings is 1. The number of aromatic nitrogens is 1. The molecule has 3 heteroatoms. The van der Waals surface area contributed by atoms with Gasteiger partial charge in [-0.3, -0.25) is 4.98 Å². The van der Waals surface area contributed by atoms with E-state index < -0.39 is 0 Å². The molecule has 1 aromatic heterocycles. The van der Waals surface area contributed by atoms with Crippen molar-refractivity contribution >= 4 is 22.1 Å². The second-order valence-corrected chi connectivity index (χ2v) is 5.78. The number of nitrogens with two attached hydrogens (primary N) is 1. The Bertz CT molecular complexity index is 594. The van der Waals surface area contributed by atoms with Crippen LogP contribution in [0.3, 0.4) is 0 Å². The Morgan fingerprint density at radius 2 is 2.00 bits per heavy atom. The highest BCUT2D eigenvalue weighted by Crippen LogP contribution is 2.33. The van der Waals surface area contributed by atoms with Crippen LogP contribution in [0.4, 0.5) is 11.4 Å². The molecule has 1 aliphatic rings. The molecule has 1 fully saturated rings. The minimum absolute atomic E-state index is 0.739. The molecule has 100 valence electrons. The number of anilines is 2. The van der Waals surface area contributed by atoms with E-state index in [1.54, 1.807) is 0 Å². The van der Waals surface area contributed by atoms with E-state index in [2.05, 4.69) is 35.9 Å². The molecule has 1 aliphatic heterocycles. The Morgan fingerprint density at radius 3 is 2.79 bits per heavy atom. The fourth-order valence-electron chi connectivity index (χ4n) is 2.95. The van der Waals surface area contributed by atoms with Gasteiger partial charge in [-0.1, -0.05) is 13.8 Å². The summed E-state index contributed by atoms with van der Waals surface area (Å²) in [6.45, 7) is 6.96. The minimum Gasteiger partial charge on any atom is -0.398 e. The highest BCUT2D eigenvalue weighted by atomic mass is 15.1. The number of hydrogen-bond acceptors (Lipinski definition) is 3. The number of nitrogens with zero attached hydrogens (tertiary/aromatic N) is 2. The Morgan fingerprint density at radius 1 is 1.16 bits per heavy atom. The molecular formula is C16H21N3. The maximum Gasteiger partial charge on any atom is 0.0448 e. The normalized spacial score (nSPS) is 23.8. The van der Waals surface area contributed by atoms with Gasteiger partial charge in [-0.15, -0.1) is 0 Å². The molecule has 19 heavy (non-hydrogen) atoms. The molecule has 3 rings (SSSR count). The van der Waals surface area contributed by atoms with Crippen molar-refractivity contribution in [3.05, 3.63) is 30.6 Å². The van der Waals surface area contributed by atoms with Crippen LogP contribution in [0.2, 0.25) is 0 Å². The Kier molecular flexibility index (Phi) is 3.05. The van der Waals surface area contributed by atoms with Crippen molar-refractivity contribution < 1.29 is 0 Å². The molecular weight excluding hydrogens is 234 g/mol. The lowest BCUT2D eigenvalue weighted by Crippen LogP contribution is -2.38. The zero-order valence-corrected chi connectivity index (χ0v) is 11.6. The second-order valence-electron chi connectivity index (χ2n) is 5.78. The van der Waals surface area contributed by atoms with E-state index in [0.717, 1.165) is 36.0 Å². The van der Waals surface area contributed by atoms with Crippen molar-refractivity contribution in [3.63, 3.8) is 0 Å². The van der Waals surface area contributed by atoms with Gasteiger partial charge in [-0.2, -0.15) is 0 Å². The zero-order chi connectivity index (χ0) is 13.4. The molecule has 2 heterocycles. The van der Waals surface area contributed by atoms with E-state index in [9.17, 15) is 0 Å². The van der Waals surface area contributed by atoms with E-state index in [-0.39, 0.29) is 0 Å². The smallest absolute Gasteiger partial charge is 0.0448 e. The maximum atomic E-state index is 6.05. The molecule has 0 spiro atoms. The molecule has 2 N–H and O–H groups in total. The summed E-state index contributed by atoms with van der Waals surface area (Å²) in [5.74, 6) is 1.56. The average molecular weight is 255 g/mol. The lowest BCUT2D eigenvalue weighted by Gasteiger charge is -2.37. The van der Waals surface area contributed by atoms with Gasteiger partial charge in [-0.05, 0) is 36.5 Å². The van der Waals surface area contributed by atoms with Gasteiger partial charge in [0.05, 0.1) is 0 Å².